The van der Waals surface area contributed by atoms with Crippen LogP contribution in [-0.4, -0.2) is 54.9 Å². The fourth-order valence-corrected chi connectivity index (χ4v) is 2.75. The third-order valence-electron chi connectivity index (χ3n) is 4.33. The summed E-state index contributed by atoms with van der Waals surface area (Å²) in [7, 11) is 6.55. The van der Waals surface area contributed by atoms with E-state index in [0.717, 1.165) is 28.2 Å². The van der Waals surface area contributed by atoms with E-state index in [4.69, 9.17) is 28.4 Å². The molecule has 6 heteroatoms. The lowest BCUT2D eigenvalue weighted by Crippen LogP contribution is -2.06. The lowest BCUT2D eigenvalue weighted by molar-refractivity contribution is 0.146. The summed E-state index contributed by atoms with van der Waals surface area (Å²) in [5.41, 5.74) is 2.59. The van der Waals surface area contributed by atoms with Crippen molar-refractivity contribution >= 4 is 18.2 Å². The standard InChI is InChI=1S/C24H30O6/c1-6-18-16-24(30-14-12-26-3)20(17-23(18)28-5)8-7-19-15-21(27-4)9-10-22(19)29-13-11-25-2/h6-10,15-17H,1,11-14H2,2-5H3/b8-7+. The molecule has 0 saturated carbocycles. The lowest BCUT2D eigenvalue weighted by Gasteiger charge is -2.14. The Kier molecular flexibility index (Phi) is 9.77. The second-order valence-electron chi connectivity index (χ2n) is 6.26. The van der Waals surface area contributed by atoms with Gasteiger partial charge in [0.2, 0.25) is 0 Å². The summed E-state index contributed by atoms with van der Waals surface area (Å²) >= 11 is 0. The third-order valence-corrected chi connectivity index (χ3v) is 4.33. The molecule has 0 aliphatic carbocycles. The first-order chi connectivity index (χ1) is 14.7. The quantitative estimate of drug-likeness (QED) is 0.354. The Hall–Kier alpha value is -2.96. The van der Waals surface area contributed by atoms with Gasteiger partial charge >= 0.3 is 0 Å². The Balaban J connectivity index is 2.39. The van der Waals surface area contributed by atoms with Crippen molar-refractivity contribution in [3.63, 3.8) is 0 Å². The van der Waals surface area contributed by atoms with Gasteiger partial charge in [0.25, 0.3) is 0 Å². The number of rotatable bonds is 13. The van der Waals surface area contributed by atoms with E-state index in [9.17, 15) is 0 Å². The molecule has 0 atom stereocenters. The molecule has 0 N–H and O–H groups in total. The van der Waals surface area contributed by atoms with Crippen molar-refractivity contribution in [3.8, 4) is 23.0 Å². The summed E-state index contributed by atoms with van der Waals surface area (Å²) < 4.78 is 32.8. The van der Waals surface area contributed by atoms with Crippen molar-refractivity contribution in [1.29, 1.82) is 0 Å². The average molecular weight is 414 g/mol. The second-order valence-corrected chi connectivity index (χ2v) is 6.26. The molecule has 0 aromatic heterocycles. The smallest absolute Gasteiger partial charge is 0.127 e. The van der Waals surface area contributed by atoms with Crippen LogP contribution < -0.4 is 18.9 Å². The highest BCUT2D eigenvalue weighted by atomic mass is 16.5. The van der Waals surface area contributed by atoms with Crippen molar-refractivity contribution in [2.24, 2.45) is 0 Å². The minimum absolute atomic E-state index is 0.435. The van der Waals surface area contributed by atoms with E-state index in [0.29, 0.717) is 37.9 Å². The highest BCUT2D eigenvalue weighted by Crippen LogP contribution is 2.32. The molecule has 0 aliphatic rings. The molecule has 30 heavy (non-hydrogen) atoms. The van der Waals surface area contributed by atoms with Gasteiger partial charge in [0.05, 0.1) is 27.4 Å². The van der Waals surface area contributed by atoms with Crippen LogP contribution in [0, 0.1) is 0 Å². The molecule has 2 rings (SSSR count). The number of benzene rings is 2. The predicted molar refractivity (Wildman–Crippen MR) is 120 cm³/mol. The summed E-state index contributed by atoms with van der Waals surface area (Å²) in [6, 6.07) is 9.48. The molecule has 6 nitrogen and oxygen atoms in total. The van der Waals surface area contributed by atoms with Gasteiger partial charge < -0.3 is 28.4 Å². The van der Waals surface area contributed by atoms with Gasteiger partial charge in [-0.15, -0.1) is 0 Å². The van der Waals surface area contributed by atoms with E-state index >= 15 is 0 Å². The molecule has 0 aliphatic heterocycles. The molecule has 0 amide bonds. The molecular weight excluding hydrogens is 384 g/mol. The molecule has 0 saturated heterocycles. The molecule has 0 unspecified atom stereocenters. The summed E-state index contributed by atoms with van der Waals surface area (Å²) in [6.45, 7) is 5.74. The normalized spacial score (nSPS) is 10.8. The van der Waals surface area contributed by atoms with Crippen molar-refractivity contribution in [2.75, 3.05) is 54.9 Å². The van der Waals surface area contributed by atoms with E-state index in [2.05, 4.69) is 6.58 Å². The Morgan fingerprint density at radius 3 is 1.83 bits per heavy atom. The summed E-state index contributed by atoms with van der Waals surface area (Å²) in [5.74, 6) is 2.90. The fourth-order valence-electron chi connectivity index (χ4n) is 2.75. The van der Waals surface area contributed by atoms with Crippen LogP contribution in [0.5, 0.6) is 23.0 Å². The molecule has 0 heterocycles. The number of hydrogen-bond donors (Lipinski definition) is 0. The highest BCUT2D eigenvalue weighted by molar-refractivity contribution is 5.77. The van der Waals surface area contributed by atoms with Crippen LogP contribution in [0.15, 0.2) is 36.9 Å². The van der Waals surface area contributed by atoms with Gasteiger partial charge in [-0.1, -0.05) is 24.8 Å². The summed E-state index contributed by atoms with van der Waals surface area (Å²) in [6.07, 6.45) is 5.64. The zero-order valence-corrected chi connectivity index (χ0v) is 18.1. The van der Waals surface area contributed by atoms with Crippen LogP contribution in [0.1, 0.15) is 16.7 Å². The summed E-state index contributed by atoms with van der Waals surface area (Å²) in [5, 5.41) is 0. The van der Waals surface area contributed by atoms with Crippen molar-refractivity contribution in [1.82, 2.24) is 0 Å². The van der Waals surface area contributed by atoms with Gasteiger partial charge in [-0.2, -0.15) is 0 Å². The number of ether oxygens (including phenoxy) is 6. The third kappa shape index (κ3) is 6.54. The molecule has 162 valence electrons. The Bertz CT molecular complexity index is 844. The first-order valence-electron chi connectivity index (χ1n) is 9.60. The van der Waals surface area contributed by atoms with Gasteiger partial charge in [0, 0.05) is 30.9 Å². The minimum Gasteiger partial charge on any atom is -0.497 e. The molecular formula is C24H30O6. The summed E-state index contributed by atoms with van der Waals surface area (Å²) in [4.78, 5) is 0. The van der Waals surface area contributed by atoms with Crippen LogP contribution in [0.2, 0.25) is 0 Å². The van der Waals surface area contributed by atoms with Crippen LogP contribution >= 0.6 is 0 Å². The molecule has 2 aromatic carbocycles. The first-order valence-corrected chi connectivity index (χ1v) is 9.60. The topological polar surface area (TPSA) is 55.4 Å². The monoisotopic (exact) mass is 414 g/mol. The van der Waals surface area contributed by atoms with Crippen molar-refractivity contribution in [3.05, 3.63) is 53.6 Å². The van der Waals surface area contributed by atoms with Crippen LogP contribution in [0.25, 0.3) is 18.2 Å². The van der Waals surface area contributed by atoms with E-state index in [-0.39, 0.29) is 0 Å². The molecule has 0 radical (unpaired) electrons. The maximum atomic E-state index is 5.91. The van der Waals surface area contributed by atoms with Gasteiger partial charge in [-0.3, -0.25) is 0 Å². The van der Waals surface area contributed by atoms with E-state index in [1.54, 1.807) is 34.5 Å². The number of methoxy groups -OCH3 is 4. The largest absolute Gasteiger partial charge is 0.497 e. The first kappa shape index (κ1) is 23.3. The molecule has 2 aromatic rings. The minimum atomic E-state index is 0.435. The molecule has 0 bridgehead atoms. The zero-order valence-electron chi connectivity index (χ0n) is 18.1. The van der Waals surface area contributed by atoms with Gasteiger partial charge in [0.1, 0.15) is 36.2 Å². The molecule has 0 fully saturated rings. The van der Waals surface area contributed by atoms with Gasteiger partial charge in [-0.25, -0.2) is 0 Å². The zero-order chi connectivity index (χ0) is 21.8. The highest BCUT2D eigenvalue weighted by Gasteiger charge is 2.10. The van der Waals surface area contributed by atoms with Crippen LogP contribution in [0.3, 0.4) is 0 Å². The van der Waals surface area contributed by atoms with Crippen LogP contribution in [-0.2, 0) is 9.47 Å². The van der Waals surface area contributed by atoms with Gasteiger partial charge in [-0.05, 0) is 30.3 Å². The molecule has 0 spiro atoms. The van der Waals surface area contributed by atoms with Crippen molar-refractivity contribution < 1.29 is 28.4 Å². The number of hydrogen-bond acceptors (Lipinski definition) is 6. The van der Waals surface area contributed by atoms with E-state index in [1.807, 2.05) is 42.5 Å². The Morgan fingerprint density at radius 2 is 1.27 bits per heavy atom. The van der Waals surface area contributed by atoms with Gasteiger partial charge in [0.15, 0.2) is 0 Å². The Labute approximate surface area is 178 Å². The maximum Gasteiger partial charge on any atom is 0.127 e. The Morgan fingerprint density at radius 1 is 0.667 bits per heavy atom. The maximum absolute atomic E-state index is 5.91. The van der Waals surface area contributed by atoms with E-state index < -0.39 is 0 Å². The van der Waals surface area contributed by atoms with Crippen LogP contribution in [0.4, 0.5) is 0 Å². The lowest BCUT2D eigenvalue weighted by atomic mass is 10.1. The predicted octanol–water partition coefficient (Wildman–Crippen LogP) is 4.57. The van der Waals surface area contributed by atoms with Crippen molar-refractivity contribution in [2.45, 2.75) is 0 Å². The second kappa shape index (κ2) is 12.6. The fraction of sp³-hybridized carbons (Fsp3) is 0.333. The SMILES string of the molecule is C=Cc1cc(OCCOC)c(/C=C/c2cc(OC)ccc2OCCOC)cc1OC. The van der Waals surface area contributed by atoms with E-state index in [1.165, 1.54) is 0 Å². The average Bonchev–Trinajstić information content (AvgIpc) is 2.78.